The molecule has 1 aliphatic carbocycles. The highest BCUT2D eigenvalue weighted by Gasteiger charge is 2.29. The molecule has 0 bridgehead atoms. The molecule has 0 spiro atoms. The third-order valence-electron chi connectivity index (χ3n) is 3.54. The van der Waals surface area contributed by atoms with Crippen LogP contribution in [0.15, 0.2) is 30.3 Å². The van der Waals surface area contributed by atoms with Crippen LogP contribution in [0.25, 0.3) is 5.69 Å². The predicted molar refractivity (Wildman–Crippen MR) is 71.2 cm³/mol. The molecule has 19 heavy (non-hydrogen) atoms. The largest absolute Gasteiger partial charge is 0.393 e. The first-order chi connectivity index (χ1) is 9.24. The van der Waals surface area contributed by atoms with E-state index in [-0.39, 0.29) is 6.10 Å². The van der Waals surface area contributed by atoms with Crippen molar-refractivity contribution in [2.75, 3.05) is 18.5 Å². The van der Waals surface area contributed by atoms with E-state index < -0.39 is 0 Å². The van der Waals surface area contributed by atoms with Gasteiger partial charge in [-0.3, -0.25) is 0 Å². The molecular formula is C13H17N5O. The summed E-state index contributed by atoms with van der Waals surface area (Å²) >= 11 is 0. The quantitative estimate of drug-likeness (QED) is 0.882. The van der Waals surface area contributed by atoms with Crippen LogP contribution in [-0.4, -0.2) is 45.0 Å². The zero-order valence-electron chi connectivity index (χ0n) is 10.8. The van der Waals surface area contributed by atoms with Gasteiger partial charge in [-0.05, 0) is 41.3 Å². The lowest BCUT2D eigenvalue weighted by atomic mass is 9.82. The van der Waals surface area contributed by atoms with Crippen LogP contribution in [0.2, 0.25) is 0 Å². The first-order valence-corrected chi connectivity index (χ1v) is 6.47. The van der Waals surface area contributed by atoms with Crippen LogP contribution in [0.1, 0.15) is 12.8 Å². The van der Waals surface area contributed by atoms with Gasteiger partial charge >= 0.3 is 0 Å². The van der Waals surface area contributed by atoms with Gasteiger partial charge in [-0.25, -0.2) is 0 Å². The molecule has 1 N–H and O–H groups in total. The lowest BCUT2D eigenvalue weighted by Gasteiger charge is -2.34. The standard InChI is InChI=1S/C13H17N5O/c1-17(9-10-7-12(19)8-10)13-14-15-16-18(13)11-5-3-2-4-6-11/h2-6,10,12,19H,7-9H2,1H3. The monoisotopic (exact) mass is 259 g/mol. The van der Waals surface area contributed by atoms with E-state index in [0.717, 1.165) is 31.0 Å². The first-order valence-electron chi connectivity index (χ1n) is 6.47. The van der Waals surface area contributed by atoms with Crippen molar-refractivity contribution < 1.29 is 5.11 Å². The van der Waals surface area contributed by atoms with E-state index in [1.54, 1.807) is 4.68 Å². The molecule has 6 heteroatoms. The van der Waals surface area contributed by atoms with Crippen molar-refractivity contribution in [1.29, 1.82) is 0 Å². The van der Waals surface area contributed by atoms with Gasteiger partial charge < -0.3 is 10.0 Å². The fourth-order valence-corrected chi connectivity index (χ4v) is 2.48. The van der Waals surface area contributed by atoms with Gasteiger partial charge in [-0.1, -0.05) is 23.3 Å². The van der Waals surface area contributed by atoms with Gasteiger partial charge in [-0.15, -0.1) is 0 Å². The fourth-order valence-electron chi connectivity index (χ4n) is 2.48. The summed E-state index contributed by atoms with van der Waals surface area (Å²) in [5, 5.41) is 21.2. The van der Waals surface area contributed by atoms with E-state index >= 15 is 0 Å². The number of tetrazole rings is 1. The molecule has 2 aromatic rings. The molecule has 6 nitrogen and oxygen atoms in total. The molecule has 0 radical (unpaired) electrons. The van der Waals surface area contributed by atoms with Crippen LogP contribution in [0.4, 0.5) is 5.95 Å². The van der Waals surface area contributed by atoms with E-state index in [1.165, 1.54) is 0 Å². The summed E-state index contributed by atoms with van der Waals surface area (Å²) in [4.78, 5) is 2.05. The van der Waals surface area contributed by atoms with Crippen LogP contribution >= 0.6 is 0 Å². The topological polar surface area (TPSA) is 67.1 Å². The number of hydrogen-bond donors (Lipinski definition) is 1. The molecule has 1 aromatic heterocycles. The number of para-hydroxylation sites is 1. The second kappa shape index (κ2) is 4.97. The Hall–Kier alpha value is -1.95. The van der Waals surface area contributed by atoms with Crippen molar-refractivity contribution in [2.45, 2.75) is 18.9 Å². The van der Waals surface area contributed by atoms with Gasteiger partial charge in [0.2, 0.25) is 5.95 Å². The molecule has 1 aromatic carbocycles. The molecule has 100 valence electrons. The number of rotatable bonds is 4. The van der Waals surface area contributed by atoms with Crippen LogP contribution in [0.3, 0.4) is 0 Å². The van der Waals surface area contributed by atoms with Gasteiger partial charge in [0, 0.05) is 13.6 Å². The third kappa shape index (κ3) is 2.44. The molecule has 1 aliphatic rings. The average Bonchev–Trinajstić information content (AvgIpc) is 2.87. The highest BCUT2D eigenvalue weighted by molar-refractivity contribution is 5.39. The summed E-state index contributed by atoms with van der Waals surface area (Å²) in [6.45, 7) is 0.865. The van der Waals surface area contributed by atoms with Crippen LogP contribution in [0.5, 0.6) is 0 Å². The second-order valence-corrected chi connectivity index (χ2v) is 5.10. The number of aromatic nitrogens is 4. The van der Waals surface area contributed by atoms with Gasteiger partial charge in [0.1, 0.15) is 0 Å². The summed E-state index contributed by atoms with van der Waals surface area (Å²) < 4.78 is 1.73. The van der Waals surface area contributed by atoms with Gasteiger partial charge in [-0.2, -0.15) is 4.68 Å². The first kappa shape index (κ1) is 12.1. The van der Waals surface area contributed by atoms with E-state index in [4.69, 9.17) is 0 Å². The van der Waals surface area contributed by atoms with Gasteiger partial charge in [0.05, 0.1) is 11.8 Å². The lowest BCUT2D eigenvalue weighted by Crippen LogP contribution is -2.38. The number of aliphatic hydroxyl groups is 1. The van der Waals surface area contributed by atoms with Crippen LogP contribution in [0, 0.1) is 5.92 Å². The molecule has 0 amide bonds. The van der Waals surface area contributed by atoms with Crippen LogP contribution in [-0.2, 0) is 0 Å². The van der Waals surface area contributed by atoms with E-state index in [1.807, 2.05) is 42.3 Å². The SMILES string of the molecule is CN(CC1CC(O)C1)c1nnnn1-c1ccccc1. The molecule has 0 saturated heterocycles. The predicted octanol–water partition coefficient (Wildman–Crippen LogP) is 0.869. The van der Waals surface area contributed by atoms with Crippen molar-refractivity contribution in [3.8, 4) is 5.69 Å². The number of nitrogens with zero attached hydrogens (tertiary/aromatic N) is 5. The van der Waals surface area contributed by atoms with Gasteiger partial charge in [0.25, 0.3) is 0 Å². The Balaban J connectivity index is 1.76. The molecule has 0 atom stereocenters. The minimum atomic E-state index is -0.122. The highest BCUT2D eigenvalue weighted by atomic mass is 16.3. The Kier molecular flexibility index (Phi) is 3.16. The van der Waals surface area contributed by atoms with Crippen molar-refractivity contribution in [3.05, 3.63) is 30.3 Å². The second-order valence-electron chi connectivity index (χ2n) is 5.10. The average molecular weight is 259 g/mol. The van der Waals surface area contributed by atoms with Crippen molar-refractivity contribution in [2.24, 2.45) is 5.92 Å². The Morgan fingerprint density at radius 3 is 2.74 bits per heavy atom. The minimum Gasteiger partial charge on any atom is -0.393 e. The smallest absolute Gasteiger partial charge is 0.250 e. The zero-order valence-corrected chi connectivity index (χ0v) is 10.8. The maximum absolute atomic E-state index is 9.33. The van der Waals surface area contributed by atoms with E-state index in [9.17, 15) is 5.11 Å². The number of benzene rings is 1. The maximum atomic E-state index is 9.33. The molecular weight excluding hydrogens is 242 g/mol. The van der Waals surface area contributed by atoms with Crippen molar-refractivity contribution in [1.82, 2.24) is 20.2 Å². The van der Waals surface area contributed by atoms with Crippen LogP contribution < -0.4 is 4.90 Å². The Morgan fingerprint density at radius 1 is 1.32 bits per heavy atom. The number of anilines is 1. The van der Waals surface area contributed by atoms with Gasteiger partial charge in [0.15, 0.2) is 0 Å². The number of aliphatic hydroxyl groups excluding tert-OH is 1. The van der Waals surface area contributed by atoms with E-state index in [0.29, 0.717) is 5.92 Å². The van der Waals surface area contributed by atoms with E-state index in [2.05, 4.69) is 15.5 Å². The van der Waals surface area contributed by atoms with Crippen molar-refractivity contribution in [3.63, 3.8) is 0 Å². The molecule has 0 aliphatic heterocycles. The molecule has 0 unspecified atom stereocenters. The Morgan fingerprint density at radius 2 is 2.05 bits per heavy atom. The highest BCUT2D eigenvalue weighted by Crippen LogP contribution is 2.28. The molecule has 3 rings (SSSR count). The summed E-state index contributed by atoms with van der Waals surface area (Å²) in [6, 6.07) is 9.83. The number of hydrogen-bond acceptors (Lipinski definition) is 5. The fraction of sp³-hybridized carbons (Fsp3) is 0.462. The third-order valence-corrected chi connectivity index (χ3v) is 3.54. The summed E-state index contributed by atoms with van der Waals surface area (Å²) in [5.74, 6) is 1.26. The Labute approximate surface area is 111 Å². The normalized spacial score (nSPS) is 22.0. The van der Waals surface area contributed by atoms with Crippen molar-refractivity contribution >= 4 is 5.95 Å². The minimum absolute atomic E-state index is 0.122. The molecule has 1 heterocycles. The Bertz CT molecular complexity index is 535. The molecule has 1 saturated carbocycles. The summed E-state index contributed by atoms with van der Waals surface area (Å²) in [7, 11) is 1.98. The maximum Gasteiger partial charge on any atom is 0.250 e. The summed E-state index contributed by atoms with van der Waals surface area (Å²) in [5.41, 5.74) is 0.947. The zero-order chi connectivity index (χ0) is 13.2. The molecule has 1 fully saturated rings. The lowest BCUT2D eigenvalue weighted by molar-refractivity contribution is 0.0463. The summed E-state index contributed by atoms with van der Waals surface area (Å²) in [6.07, 6.45) is 1.62.